The van der Waals surface area contributed by atoms with Gasteiger partial charge in [-0.1, -0.05) is 36.4 Å². The molecule has 0 aliphatic heterocycles. The van der Waals surface area contributed by atoms with Crippen LogP contribution in [0.4, 0.5) is 0 Å². The van der Waals surface area contributed by atoms with Crippen LogP contribution in [0.1, 0.15) is 22.2 Å². The van der Waals surface area contributed by atoms with Crippen LogP contribution < -0.4 is 10.6 Å². The number of benzene rings is 1. The Morgan fingerprint density at radius 3 is 2.52 bits per heavy atom. The summed E-state index contributed by atoms with van der Waals surface area (Å²) in [6.45, 7) is 2.86. The first-order chi connectivity index (χ1) is 11.2. The van der Waals surface area contributed by atoms with Gasteiger partial charge >= 0.3 is 0 Å². The standard InChI is InChI=1S/C17H20N2O3S/c1-13(22-12-14-6-3-2-4-7-14)16(20)18-9-10-19-17(21)15-8-5-11-23-15/h2-8,11,13H,9-10,12H2,1H3,(H,18,20)(H,19,21)/t13-/m1/s1. The zero-order valence-electron chi connectivity index (χ0n) is 13.0. The van der Waals surface area contributed by atoms with Crippen molar-refractivity contribution in [3.8, 4) is 0 Å². The molecule has 0 aliphatic rings. The molecular weight excluding hydrogens is 312 g/mol. The molecule has 0 spiro atoms. The minimum Gasteiger partial charge on any atom is -0.364 e. The number of thiophene rings is 1. The highest BCUT2D eigenvalue weighted by Crippen LogP contribution is 2.07. The molecule has 6 heteroatoms. The number of carbonyl (C=O) groups excluding carboxylic acids is 2. The summed E-state index contributed by atoms with van der Waals surface area (Å²) in [6, 6.07) is 13.3. The van der Waals surface area contributed by atoms with Crippen molar-refractivity contribution in [3.63, 3.8) is 0 Å². The molecule has 0 unspecified atom stereocenters. The zero-order chi connectivity index (χ0) is 16.5. The van der Waals surface area contributed by atoms with E-state index in [1.807, 2.05) is 41.8 Å². The van der Waals surface area contributed by atoms with Gasteiger partial charge in [0.05, 0.1) is 11.5 Å². The molecule has 2 amide bonds. The number of ether oxygens (including phenoxy) is 1. The number of rotatable bonds is 8. The monoisotopic (exact) mass is 332 g/mol. The van der Waals surface area contributed by atoms with Gasteiger partial charge in [0, 0.05) is 13.1 Å². The van der Waals surface area contributed by atoms with E-state index in [0.717, 1.165) is 5.56 Å². The van der Waals surface area contributed by atoms with Gasteiger partial charge in [0.15, 0.2) is 0 Å². The predicted octanol–water partition coefficient (Wildman–Crippen LogP) is 2.20. The fourth-order valence-electron chi connectivity index (χ4n) is 1.87. The lowest BCUT2D eigenvalue weighted by molar-refractivity contribution is -0.132. The Morgan fingerprint density at radius 1 is 1.09 bits per heavy atom. The van der Waals surface area contributed by atoms with Crippen LogP contribution in [0.5, 0.6) is 0 Å². The van der Waals surface area contributed by atoms with Gasteiger partial charge in [0.2, 0.25) is 5.91 Å². The fourth-order valence-corrected chi connectivity index (χ4v) is 2.51. The van der Waals surface area contributed by atoms with E-state index in [0.29, 0.717) is 24.6 Å². The second-order valence-electron chi connectivity index (χ2n) is 4.96. The molecule has 0 saturated heterocycles. The van der Waals surface area contributed by atoms with Gasteiger partial charge < -0.3 is 15.4 Å². The molecule has 1 atom stereocenters. The van der Waals surface area contributed by atoms with E-state index >= 15 is 0 Å². The Hall–Kier alpha value is -2.18. The minimum absolute atomic E-state index is 0.123. The Labute approximate surface area is 139 Å². The van der Waals surface area contributed by atoms with Gasteiger partial charge in [-0.3, -0.25) is 9.59 Å². The maximum absolute atomic E-state index is 11.9. The lowest BCUT2D eigenvalue weighted by atomic mass is 10.2. The maximum atomic E-state index is 11.9. The van der Waals surface area contributed by atoms with Crippen LogP contribution >= 0.6 is 11.3 Å². The number of nitrogens with one attached hydrogen (secondary N) is 2. The molecule has 1 aromatic carbocycles. The SMILES string of the molecule is C[C@@H](OCc1ccccc1)C(=O)NCCNC(=O)c1cccs1. The van der Waals surface area contributed by atoms with E-state index < -0.39 is 6.10 Å². The molecule has 2 aromatic rings. The second-order valence-corrected chi connectivity index (χ2v) is 5.91. The van der Waals surface area contributed by atoms with Crippen molar-refractivity contribution >= 4 is 23.2 Å². The predicted molar refractivity (Wildman–Crippen MR) is 90.4 cm³/mol. The van der Waals surface area contributed by atoms with Crippen molar-refractivity contribution in [1.82, 2.24) is 10.6 Å². The molecule has 0 saturated carbocycles. The summed E-state index contributed by atoms with van der Waals surface area (Å²) in [7, 11) is 0. The van der Waals surface area contributed by atoms with Gasteiger partial charge in [0.1, 0.15) is 6.10 Å². The van der Waals surface area contributed by atoms with E-state index in [2.05, 4.69) is 10.6 Å². The molecular formula is C17H20N2O3S. The average Bonchev–Trinajstić information content (AvgIpc) is 3.11. The summed E-state index contributed by atoms with van der Waals surface area (Å²) in [4.78, 5) is 24.3. The molecule has 23 heavy (non-hydrogen) atoms. The maximum Gasteiger partial charge on any atom is 0.261 e. The lowest BCUT2D eigenvalue weighted by Crippen LogP contribution is -2.39. The highest BCUT2D eigenvalue weighted by atomic mass is 32.1. The van der Waals surface area contributed by atoms with Crippen molar-refractivity contribution in [1.29, 1.82) is 0 Å². The van der Waals surface area contributed by atoms with Crippen molar-refractivity contribution in [2.45, 2.75) is 19.6 Å². The Bertz CT molecular complexity index is 614. The molecule has 0 bridgehead atoms. The van der Waals surface area contributed by atoms with Crippen LogP contribution in [0.15, 0.2) is 47.8 Å². The Kier molecular flexibility index (Phi) is 6.77. The zero-order valence-corrected chi connectivity index (χ0v) is 13.8. The molecule has 0 radical (unpaired) electrons. The third kappa shape index (κ3) is 5.84. The molecule has 122 valence electrons. The van der Waals surface area contributed by atoms with E-state index in [1.165, 1.54) is 11.3 Å². The van der Waals surface area contributed by atoms with Gasteiger partial charge in [-0.25, -0.2) is 0 Å². The third-order valence-corrected chi connectivity index (χ3v) is 4.04. The van der Waals surface area contributed by atoms with Crippen LogP contribution in [0, 0.1) is 0 Å². The molecule has 0 fully saturated rings. The first kappa shape index (κ1) is 17.2. The first-order valence-electron chi connectivity index (χ1n) is 7.42. The van der Waals surface area contributed by atoms with Crippen molar-refractivity contribution in [3.05, 3.63) is 58.3 Å². The fraction of sp³-hybridized carbons (Fsp3) is 0.294. The van der Waals surface area contributed by atoms with Crippen LogP contribution in [0.3, 0.4) is 0 Å². The van der Waals surface area contributed by atoms with Gasteiger partial charge in [-0.15, -0.1) is 11.3 Å². The van der Waals surface area contributed by atoms with Gasteiger partial charge in [-0.2, -0.15) is 0 Å². The molecule has 1 heterocycles. The van der Waals surface area contributed by atoms with Crippen LogP contribution in [-0.4, -0.2) is 31.0 Å². The summed E-state index contributed by atoms with van der Waals surface area (Å²) in [6.07, 6.45) is -0.539. The first-order valence-corrected chi connectivity index (χ1v) is 8.29. The normalized spacial score (nSPS) is 11.7. The van der Waals surface area contributed by atoms with Crippen molar-refractivity contribution < 1.29 is 14.3 Å². The summed E-state index contributed by atoms with van der Waals surface area (Å²) < 4.78 is 5.53. The highest BCUT2D eigenvalue weighted by molar-refractivity contribution is 7.12. The van der Waals surface area contributed by atoms with E-state index in [1.54, 1.807) is 13.0 Å². The Balaban J connectivity index is 1.61. The molecule has 0 aliphatic carbocycles. The van der Waals surface area contributed by atoms with E-state index in [4.69, 9.17) is 4.74 Å². The average molecular weight is 332 g/mol. The molecule has 1 aromatic heterocycles. The number of amides is 2. The largest absolute Gasteiger partial charge is 0.364 e. The molecule has 2 rings (SSSR count). The van der Waals surface area contributed by atoms with Gasteiger partial charge in [0.25, 0.3) is 5.91 Å². The number of hydrogen-bond acceptors (Lipinski definition) is 4. The van der Waals surface area contributed by atoms with E-state index in [-0.39, 0.29) is 11.8 Å². The number of hydrogen-bond donors (Lipinski definition) is 2. The lowest BCUT2D eigenvalue weighted by Gasteiger charge is -2.13. The molecule has 5 nitrogen and oxygen atoms in total. The molecule has 2 N–H and O–H groups in total. The number of carbonyl (C=O) groups is 2. The van der Waals surface area contributed by atoms with Crippen LogP contribution in [0.2, 0.25) is 0 Å². The topological polar surface area (TPSA) is 67.4 Å². The summed E-state index contributed by atoms with van der Waals surface area (Å²) in [5, 5.41) is 7.35. The van der Waals surface area contributed by atoms with Crippen LogP contribution in [0.25, 0.3) is 0 Å². The summed E-state index contributed by atoms with van der Waals surface area (Å²) in [5.41, 5.74) is 1.02. The van der Waals surface area contributed by atoms with Gasteiger partial charge in [-0.05, 0) is 23.9 Å². The minimum atomic E-state index is -0.539. The van der Waals surface area contributed by atoms with Crippen molar-refractivity contribution in [2.24, 2.45) is 0 Å². The summed E-state index contributed by atoms with van der Waals surface area (Å²) >= 11 is 1.39. The van der Waals surface area contributed by atoms with Crippen LogP contribution in [-0.2, 0) is 16.1 Å². The smallest absolute Gasteiger partial charge is 0.261 e. The Morgan fingerprint density at radius 2 is 1.83 bits per heavy atom. The highest BCUT2D eigenvalue weighted by Gasteiger charge is 2.13. The summed E-state index contributed by atoms with van der Waals surface area (Å²) in [5.74, 6) is -0.311. The van der Waals surface area contributed by atoms with E-state index in [9.17, 15) is 9.59 Å². The van der Waals surface area contributed by atoms with Crippen molar-refractivity contribution in [2.75, 3.05) is 13.1 Å². The quantitative estimate of drug-likeness (QED) is 0.728. The third-order valence-electron chi connectivity index (χ3n) is 3.17. The second kappa shape index (κ2) is 9.07.